The molecule has 0 unspecified atom stereocenters. The van der Waals surface area contributed by atoms with Gasteiger partial charge in [-0.15, -0.1) is 5.10 Å². The Labute approximate surface area is 210 Å². The minimum absolute atomic E-state index is 0.0444. The molecule has 0 aromatic carbocycles. The fraction of sp³-hybridized carbons (Fsp3) is 0.696. The Balaban J connectivity index is 1.18. The molecule has 1 aliphatic carbocycles. The van der Waals surface area contributed by atoms with Crippen LogP contribution in [-0.4, -0.2) is 69.7 Å². The van der Waals surface area contributed by atoms with Crippen LogP contribution in [0.1, 0.15) is 48.2 Å². The molecule has 2 aliphatic rings. The highest BCUT2D eigenvalue weighted by Crippen LogP contribution is 2.36. The number of rotatable bonds is 8. The third-order valence-electron chi connectivity index (χ3n) is 6.76. The molecule has 36 heavy (non-hydrogen) atoms. The summed E-state index contributed by atoms with van der Waals surface area (Å²) in [6.45, 7) is 0.584. The zero-order valence-corrected chi connectivity index (χ0v) is 20.9. The highest BCUT2D eigenvalue weighted by Gasteiger charge is 2.36. The lowest BCUT2D eigenvalue weighted by Gasteiger charge is -2.35. The molecule has 1 N–H and O–H groups in total. The minimum Gasteiger partial charge on any atom is -0.460 e. The number of fused-ring (bicyclic) bond motifs is 1. The number of hydrogen-bond donors (Lipinski definition) is 1. The van der Waals surface area contributed by atoms with Gasteiger partial charge in [0.2, 0.25) is 11.9 Å². The number of halogens is 5. The van der Waals surface area contributed by atoms with Crippen molar-refractivity contribution >= 4 is 17.2 Å². The van der Waals surface area contributed by atoms with Crippen LogP contribution in [-0.2, 0) is 31.1 Å². The average molecular weight is 536 g/mol. The summed E-state index contributed by atoms with van der Waals surface area (Å²) in [7, 11) is 1.59. The first kappa shape index (κ1) is 26.8. The molecule has 4 rings (SSSR count). The van der Waals surface area contributed by atoms with E-state index in [0.29, 0.717) is 64.6 Å². The van der Waals surface area contributed by atoms with Crippen molar-refractivity contribution in [1.82, 2.24) is 25.0 Å². The van der Waals surface area contributed by atoms with E-state index in [9.17, 15) is 22.4 Å². The maximum absolute atomic E-state index is 15.5. The van der Waals surface area contributed by atoms with Crippen LogP contribution >= 0.6 is 11.3 Å². The standard InChI is InChI=1S/C23H30F5N5O2S/c1-32-13-15(20(24)31-32)12-19(34)29-16-2-6-22(25,7-3-16)8-11-33-9-4-17-18(5-10-33)36-21(30-17)35-14-23(26,27)28/h13,16H,2-12,14H2,1H3,(H,29,34). The SMILES string of the molecule is Cn1cc(CC(=O)NC2CCC(F)(CCN3CCc4nc(OCC(F)(F)F)sc4CC3)CC2)c(F)n1. The van der Waals surface area contributed by atoms with E-state index in [1.54, 1.807) is 7.05 Å². The number of thiazole rings is 1. The van der Waals surface area contributed by atoms with Gasteiger partial charge in [0.1, 0.15) is 5.67 Å². The fourth-order valence-electron chi connectivity index (χ4n) is 4.78. The van der Waals surface area contributed by atoms with Gasteiger partial charge < -0.3 is 15.0 Å². The molecule has 200 valence electrons. The maximum atomic E-state index is 15.5. The first-order valence-corrected chi connectivity index (χ1v) is 12.9. The smallest absolute Gasteiger partial charge is 0.422 e. The maximum Gasteiger partial charge on any atom is 0.422 e. The molecule has 13 heteroatoms. The molecular formula is C23H30F5N5O2S. The summed E-state index contributed by atoms with van der Waals surface area (Å²) in [6, 6.07) is -0.130. The van der Waals surface area contributed by atoms with Crippen molar-refractivity contribution in [3.8, 4) is 5.19 Å². The number of nitrogens with one attached hydrogen (secondary N) is 1. The van der Waals surface area contributed by atoms with Gasteiger partial charge in [0.25, 0.3) is 5.19 Å². The van der Waals surface area contributed by atoms with Crippen LogP contribution in [0.25, 0.3) is 0 Å². The highest BCUT2D eigenvalue weighted by molar-refractivity contribution is 7.13. The largest absolute Gasteiger partial charge is 0.460 e. The third kappa shape index (κ3) is 7.37. The van der Waals surface area contributed by atoms with E-state index in [1.165, 1.54) is 10.9 Å². The summed E-state index contributed by atoms with van der Waals surface area (Å²) < 4.78 is 72.3. The molecule has 1 saturated carbocycles. The van der Waals surface area contributed by atoms with E-state index >= 15 is 4.39 Å². The Morgan fingerprint density at radius 2 is 2.00 bits per heavy atom. The van der Waals surface area contributed by atoms with Gasteiger partial charge >= 0.3 is 6.18 Å². The molecule has 1 fully saturated rings. The van der Waals surface area contributed by atoms with Crippen LogP contribution in [0.3, 0.4) is 0 Å². The number of ether oxygens (including phenoxy) is 1. The van der Waals surface area contributed by atoms with Crippen LogP contribution in [0.5, 0.6) is 5.19 Å². The Hall–Kier alpha value is -2.28. The van der Waals surface area contributed by atoms with E-state index in [-0.39, 0.29) is 29.1 Å². The van der Waals surface area contributed by atoms with Crippen molar-refractivity contribution in [1.29, 1.82) is 0 Å². The summed E-state index contributed by atoms with van der Waals surface area (Å²) in [4.78, 5) is 19.6. The highest BCUT2D eigenvalue weighted by atomic mass is 32.1. The van der Waals surface area contributed by atoms with Crippen LogP contribution < -0.4 is 10.1 Å². The van der Waals surface area contributed by atoms with Gasteiger partial charge in [0.15, 0.2) is 6.61 Å². The summed E-state index contributed by atoms with van der Waals surface area (Å²) in [6.07, 6.45) is 0.355. The molecule has 0 radical (unpaired) electrons. The molecule has 0 bridgehead atoms. The topological polar surface area (TPSA) is 72.3 Å². The number of carbonyl (C=O) groups excluding carboxylic acids is 1. The van der Waals surface area contributed by atoms with Crippen LogP contribution in [0.2, 0.25) is 0 Å². The second kappa shape index (κ2) is 11.0. The van der Waals surface area contributed by atoms with E-state index in [1.807, 2.05) is 0 Å². The number of carbonyl (C=O) groups is 1. The molecule has 0 saturated heterocycles. The molecule has 2 aromatic heterocycles. The zero-order chi connectivity index (χ0) is 25.9. The van der Waals surface area contributed by atoms with Crippen molar-refractivity contribution in [2.45, 2.75) is 69.3 Å². The fourth-order valence-corrected chi connectivity index (χ4v) is 5.73. The Morgan fingerprint density at radius 3 is 2.67 bits per heavy atom. The average Bonchev–Trinajstić information content (AvgIpc) is 3.28. The number of hydrogen-bond acceptors (Lipinski definition) is 6. The van der Waals surface area contributed by atoms with Gasteiger partial charge in [-0.1, -0.05) is 11.3 Å². The predicted molar refractivity (Wildman–Crippen MR) is 123 cm³/mol. The van der Waals surface area contributed by atoms with E-state index in [4.69, 9.17) is 4.74 Å². The summed E-state index contributed by atoms with van der Waals surface area (Å²) in [5, 5.41) is 6.52. The molecule has 0 spiro atoms. The second-order valence-corrected chi connectivity index (χ2v) is 10.7. The molecule has 7 nitrogen and oxygen atoms in total. The molecule has 3 heterocycles. The number of aryl methyl sites for hydroxylation is 1. The van der Waals surface area contributed by atoms with Gasteiger partial charge in [-0.05, 0) is 38.5 Å². The molecule has 1 amide bonds. The Morgan fingerprint density at radius 1 is 1.28 bits per heavy atom. The summed E-state index contributed by atoms with van der Waals surface area (Å²) in [5.41, 5.74) is -0.306. The first-order valence-electron chi connectivity index (χ1n) is 12.0. The van der Waals surface area contributed by atoms with Gasteiger partial charge in [-0.3, -0.25) is 9.48 Å². The van der Waals surface area contributed by atoms with Crippen LogP contribution in [0, 0.1) is 5.95 Å². The molecule has 1 aliphatic heterocycles. The van der Waals surface area contributed by atoms with E-state index in [0.717, 1.165) is 21.9 Å². The molecular weight excluding hydrogens is 505 g/mol. The minimum atomic E-state index is -4.40. The summed E-state index contributed by atoms with van der Waals surface area (Å²) in [5.74, 6) is -0.954. The number of alkyl halides is 4. The first-order chi connectivity index (χ1) is 17.0. The van der Waals surface area contributed by atoms with Crippen molar-refractivity contribution in [3.63, 3.8) is 0 Å². The third-order valence-corrected chi connectivity index (χ3v) is 7.83. The lowest BCUT2D eigenvalue weighted by molar-refractivity contribution is -0.153. The molecule has 0 atom stereocenters. The monoisotopic (exact) mass is 535 g/mol. The summed E-state index contributed by atoms with van der Waals surface area (Å²) >= 11 is 1.15. The lowest BCUT2D eigenvalue weighted by Crippen LogP contribution is -2.43. The predicted octanol–water partition coefficient (Wildman–Crippen LogP) is 3.76. The van der Waals surface area contributed by atoms with E-state index < -0.39 is 24.4 Å². The van der Waals surface area contributed by atoms with Crippen molar-refractivity contribution in [3.05, 3.63) is 28.3 Å². The molecule has 2 aromatic rings. The van der Waals surface area contributed by atoms with Crippen LogP contribution in [0.15, 0.2) is 6.20 Å². The number of aromatic nitrogens is 3. The Bertz CT molecular complexity index is 1020. The second-order valence-electron chi connectivity index (χ2n) is 9.63. The van der Waals surface area contributed by atoms with Gasteiger partial charge in [0.05, 0.1) is 12.1 Å². The van der Waals surface area contributed by atoms with Gasteiger partial charge in [0, 0.05) is 55.8 Å². The number of amides is 1. The van der Waals surface area contributed by atoms with Crippen molar-refractivity contribution in [2.24, 2.45) is 7.05 Å². The number of nitrogens with zero attached hydrogens (tertiary/aromatic N) is 4. The van der Waals surface area contributed by atoms with Crippen molar-refractivity contribution < 1.29 is 31.5 Å². The lowest BCUT2D eigenvalue weighted by atomic mass is 9.81. The zero-order valence-electron chi connectivity index (χ0n) is 20.0. The quantitative estimate of drug-likeness (QED) is 0.522. The normalized spacial score (nSPS) is 23.2. The van der Waals surface area contributed by atoms with Crippen LogP contribution in [0.4, 0.5) is 22.0 Å². The Kier molecular flexibility index (Phi) is 8.18. The van der Waals surface area contributed by atoms with Crippen molar-refractivity contribution in [2.75, 3.05) is 26.2 Å². The van der Waals surface area contributed by atoms with E-state index in [2.05, 4.69) is 20.3 Å². The van der Waals surface area contributed by atoms with Gasteiger partial charge in [-0.25, -0.2) is 9.37 Å². The van der Waals surface area contributed by atoms with Gasteiger partial charge in [-0.2, -0.15) is 17.6 Å².